The molecule has 0 radical (unpaired) electrons. The van der Waals surface area contributed by atoms with Crippen LogP contribution in [-0.4, -0.2) is 12.1 Å². The van der Waals surface area contributed by atoms with Crippen molar-refractivity contribution in [3.63, 3.8) is 0 Å². The molecule has 0 spiro atoms. The Bertz CT molecular complexity index is 496. The fraction of sp³-hybridized carbons (Fsp3) is 0.250. The molecule has 16 heavy (non-hydrogen) atoms. The summed E-state index contributed by atoms with van der Waals surface area (Å²) in [4.78, 5) is 5.84. The second kappa shape index (κ2) is 4.97. The van der Waals surface area contributed by atoms with Gasteiger partial charge in [-0.25, -0.2) is 4.98 Å². The zero-order valence-corrected chi connectivity index (χ0v) is 11.6. The molecule has 1 heterocycles. The number of halogens is 1. The summed E-state index contributed by atoms with van der Waals surface area (Å²) in [5, 5.41) is 1.91. The van der Waals surface area contributed by atoms with Gasteiger partial charge in [0.05, 0.1) is 12.8 Å². The average molecular weight is 298 g/mol. The molecule has 1 aromatic heterocycles. The largest absolute Gasteiger partial charge is 0.497 e. The van der Waals surface area contributed by atoms with Crippen LogP contribution in [-0.2, 0) is 5.33 Å². The van der Waals surface area contributed by atoms with Crippen molar-refractivity contribution < 1.29 is 4.74 Å². The standard InChI is InChI=1S/C12H12BrNOS/c1-8-11(7-13)16-12(14-8)9-4-3-5-10(6-9)15-2/h3-6H,7H2,1-2H3. The number of hydrogen-bond donors (Lipinski definition) is 0. The van der Waals surface area contributed by atoms with Crippen molar-refractivity contribution in [2.24, 2.45) is 0 Å². The third-order valence-corrected chi connectivity index (χ3v) is 4.47. The minimum atomic E-state index is 0.862. The number of ether oxygens (including phenoxy) is 1. The molecule has 0 unspecified atom stereocenters. The predicted molar refractivity (Wildman–Crippen MR) is 71.5 cm³/mol. The molecule has 2 nitrogen and oxygen atoms in total. The van der Waals surface area contributed by atoms with Crippen LogP contribution in [0.3, 0.4) is 0 Å². The number of aromatic nitrogens is 1. The van der Waals surface area contributed by atoms with E-state index in [2.05, 4.69) is 27.0 Å². The lowest BCUT2D eigenvalue weighted by Gasteiger charge is -2.00. The molecule has 84 valence electrons. The number of nitrogens with zero attached hydrogens (tertiary/aromatic N) is 1. The van der Waals surface area contributed by atoms with E-state index in [-0.39, 0.29) is 0 Å². The molecule has 0 saturated heterocycles. The summed E-state index contributed by atoms with van der Waals surface area (Å²) in [6.07, 6.45) is 0. The Morgan fingerprint density at radius 3 is 2.88 bits per heavy atom. The summed E-state index contributed by atoms with van der Waals surface area (Å²) in [6, 6.07) is 7.99. The molecule has 2 rings (SSSR count). The van der Waals surface area contributed by atoms with E-state index in [4.69, 9.17) is 4.74 Å². The molecular weight excluding hydrogens is 286 g/mol. The van der Waals surface area contributed by atoms with Crippen LogP contribution in [0.25, 0.3) is 10.6 Å². The monoisotopic (exact) mass is 297 g/mol. The Hall–Kier alpha value is -0.870. The van der Waals surface area contributed by atoms with Crippen molar-refractivity contribution in [1.82, 2.24) is 4.98 Å². The van der Waals surface area contributed by atoms with Crippen LogP contribution >= 0.6 is 27.3 Å². The first-order valence-corrected chi connectivity index (χ1v) is 6.85. The molecule has 0 amide bonds. The summed E-state index contributed by atoms with van der Waals surface area (Å²) in [7, 11) is 1.68. The van der Waals surface area contributed by atoms with E-state index in [1.165, 1.54) is 4.88 Å². The molecule has 0 saturated carbocycles. The highest BCUT2D eigenvalue weighted by Gasteiger charge is 2.08. The van der Waals surface area contributed by atoms with Crippen molar-refractivity contribution >= 4 is 27.3 Å². The number of hydrogen-bond acceptors (Lipinski definition) is 3. The maximum Gasteiger partial charge on any atom is 0.124 e. The number of aryl methyl sites for hydroxylation is 1. The zero-order valence-electron chi connectivity index (χ0n) is 9.16. The van der Waals surface area contributed by atoms with Gasteiger partial charge in [0.2, 0.25) is 0 Å². The van der Waals surface area contributed by atoms with Gasteiger partial charge in [-0.3, -0.25) is 0 Å². The summed E-state index contributed by atoms with van der Waals surface area (Å²) in [6.45, 7) is 2.04. The highest BCUT2D eigenvalue weighted by molar-refractivity contribution is 9.08. The van der Waals surface area contributed by atoms with E-state index in [1.54, 1.807) is 18.4 Å². The third-order valence-electron chi connectivity index (χ3n) is 2.33. The molecule has 2 aromatic rings. The molecule has 4 heteroatoms. The normalized spacial score (nSPS) is 10.4. The van der Waals surface area contributed by atoms with Crippen LogP contribution in [0, 0.1) is 6.92 Å². The summed E-state index contributed by atoms with van der Waals surface area (Å²) in [5.41, 5.74) is 2.21. The lowest BCUT2D eigenvalue weighted by atomic mass is 10.2. The van der Waals surface area contributed by atoms with Crippen molar-refractivity contribution in [3.8, 4) is 16.3 Å². The van der Waals surface area contributed by atoms with Crippen molar-refractivity contribution in [2.75, 3.05) is 7.11 Å². The second-order valence-electron chi connectivity index (χ2n) is 3.39. The lowest BCUT2D eigenvalue weighted by Crippen LogP contribution is -1.83. The van der Waals surface area contributed by atoms with Crippen molar-refractivity contribution in [1.29, 1.82) is 0 Å². The Labute approximate surface area is 107 Å². The fourth-order valence-corrected chi connectivity index (χ4v) is 3.09. The molecule has 0 aliphatic heterocycles. The van der Waals surface area contributed by atoms with Gasteiger partial charge in [-0.1, -0.05) is 28.1 Å². The van der Waals surface area contributed by atoms with E-state index in [0.29, 0.717) is 0 Å². The number of benzene rings is 1. The highest BCUT2D eigenvalue weighted by atomic mass is 79.9. The smallest absolute Gasteiger partial charge is 0.124 e. The molecule has 0 bridgehead atoms. The van der Waals surface area contributed by atoms with E-state index in [1.807, 2.05) is 25.1 Å². The minimum absolute atomic E-state index is 0.862. The van der Waals surface area contributed by atoms with Crippen LogP contribution < -0.4 is 4.74 Å². The number of thiazole rings is 1. The van der Waals surface area contributed by atoms with Gasteiger partial charge in [0.25, 0.3) is 0 Å². The molecule has 0 aliphatic carbocycles. The van der Waals surface area contributed by atoms with E-state index in [0.717, 1.165) is 27.3 Å². The Morgan fingerprint density at radius 2 is 2.25 bits per heavy atom. The summed E-state index contributed by atoms with van der Waals surface area (Å²) < 4.78 is 5.21. The van der Waals surface area contributed by atoms with Gasteiger partial charge in [0.15, 0.2) is 0 Å². The number of methoxy groups -OCH3 is 1. The number of alkyl halides is 1. The summed E-state index contributed by atoms with van der Waals surface area (Å²) in [5.74, 6) is 0.866. The molecule has 0 N–H and O–H groups in total. The Balaban J connectivity index is 2.41. The quantitative estimate of drug-likeness (QED) is 0.798. The first-order chi connectivity index (χ1) is 7.74. The number of rotatable bonds is 3. The van der Waals surface area contributed by atoms with Crippen LogP contribution in [0.4, 0.5) is 0 Å². The highest BCUT2D eigenvalue weighted by Crippen LogP contribution is 2.30. The SMILES string of the molecule is COc1cccc(-c2nc(C)c(CBr)s2)c1. The van der Waals surface area contributed by atoms with Crippen LogP contribution in [0.1, 0.15) is 10.6 Å². The van der Waals surface area contributed by atoms with Gasteiger partial charge in [0.1, 0.15) is 10.8 Å². The molecule has 0 aliphatic rings. The first kappa shape index (κ1) is 11.6. The molecule has 0 fully saturated rings. The van der Waals surface area contributed by atoms with E-state index >= 15 is 0 Å². The maximum atomic E-state index is 5.21. The third kappa shape index (κ3) is 2.28. The van der Waals surface area contributed by atoms with Crippen LogP contribution in [0.5, 0.6) is 5.75 Å². The zero-order chi connectivity index (χ0) is 11.5. The van der Waals surface area contributed by atoms with Gasteiger partial charge >= 0.3 is 0 Å². The van der Waals surface area contributed by atoms with E-state index in [9.17, 15) is 0 Å². The summed E-state index contributed by atoms with van der Waals surface area (Å²) >= 11 is 5.19. The van der Waals surface area contributed by atoms with Crippen molar-refractivity contribution in [3.05, 3.63) is 34.8 Å². The van der Waals surface area contributed by atoms with Gasteiger partial charge < -0.3 is 4.74 Å². The molecule has 1 aromatic carbocycles. The van der Waals surface area contributed by atoms with Gasteiger partial charge in [0, 0.05) is 15.8 Å². The van der Waals surface area contributed by atoms with Crippen LogP contribution in [0.2, 0.25) is 0 Å². The first-order valence-electron chi connectivity index (χ1n) is 4.91. The maximum absolute atomic E-state index is 5.21. The molecular formula is C12H12BrNOS. The lowest BCUT2D eigenvalue weighted by molar-refractivity contribution is 0.415. The Morgan fingerprint density at radius 1 is 1.44 bits per heavy atom. The molecule has 0 atom stereocenters. The minimum Gasteiger partial charge on any atom is -0.497 e. The van der Waals surface area contributed by atoms with Gasteiger partial charge in [-0.05, 0) is 19.1 Å². The fourth-order valence-electron chi connectivity index (χ4n) is 1.43. The van der Waals surface area contributed by atoms with Crippen molar-refractivity contribution in [2.45, 2.75) is 12.3 Å². The topological polar surface area (TPSA) is 22.1 Å². The van der Waals surface area contributed by atoms with Crippen LogP contribution in [0.15, 0.2) is 24.3 Å². The average Bonchev–Trinajstić information content (AvgIpc) is 2.71. The van der Waals surface area contributed by atoms with Gasteiger partial charge in [-0.2, -0.15) is 0 Å². The van der Waals surface area contributed by atoms with Gasteiger partial charge in [-0.15, -0.1) is 11.3 Å². The second-order valence-corrected chi connectivity index (χ2v) is 5.04. The predicted octanol–water partition coefficient (Wildman–Crippen LogP) is 4.02. The Kier molecular flexibility index (Phi) is 3.61. The van der Waals surface area contributed by atoms with E-state index < -0.39 is 0 Å².